The maximum absolute atomic E-state index is 11.5. The molecule has 0 atom stereocenters. The van der Waals surface area contributed by atoms with E-state index in [1.807, 2.05) is 0 Å². The topological polar surface area (TPSA) is 91.6 Å². The van der Waals surface area contributed by atoms with Crippen LogP contribution in [0.1, 0.15) is 10.4 Å². The molecule has 1 heterocycles. The number of methoxy groups -OCH3 is 2. The molecule has 2 aromatic rings. The predicted molar refractivity (Wildman–Crippen MR) is 74.2 cm³/mol. The van der Waals surface area contributed by atoms with Gasteiger partial charge in [-0.1, -0.05) is 6.07 Å². The Kier molecular flexibility index (Phi) is 4.13. The van der Waals surface area contributed by atoms with Crippen molar-refractivity contribution in [3.63, 3.8) is 0 Å². The van der Waals surface area contributed by atoms with Gasteiger partial charge in [0.05, 0.1) is 24.7 Å². The molecule has 0 radical (unpaired) electrons. The Morgan fingerprint density at radius 2 is 1.95 bits per heavy atom. The predicted octanol–water partition coefficient (Wildman–Crippen LogP) is 2.45. The van der Waals surface area contributed by atoms with Crippen molar-refractivity contribution in [2.45, 2.75) is 0 Å². The van der Waals surface area contributed by atoms with E-state index in [1.165, 1.54) is 38.7 Å². The van der Waals surface area contributed by atoms with Gasteiger partial charge in [0.15, 0.2) is 5.75 Å². The number of pyridine rings is 1. The third-order valence-electron chi connectivity index (χ3n) is 2.87. The van der Waals surface area contributed by atoms with Crippen molar-refractivity contribution in [2.24, 2.45) is 0 Å². The lowest BCUT2D eigenvalue weighted by molar-refractivity contribution is -0.385. The number of benzene rings is 1. The summed E-state index contributed by atoms with van der Waals surface area (Å²) in [7, 11) is 2.63. The molecule has 0 fully saturated rings. The Morgan fingerprint density at radius 3 is 2.57 bits per heavy atom. The molecule has 1 aromatic heterocycles. The van der Waals surface area contributed by atoms with Gasteiger partial charge in [-0.2, -0.15) is 0 Å². The van der Waals surface area contributed by atoms with Crippen LogP contribution in [0.25, 0.3) is 11.1 Å². The van der Waals surface area contributed by atoms with E-state index in [1.54, 1.807) is 12.1 Å². The molecule has 0 aliphatic heterocycles. The summed E-state index contributed by atoms with van der Waals surface area (Å²) < 4.78 is 9.56. The highest BCUT2D eigenvalue weighted by Gasteiger charge is 2.16. The van der Waals surface area contributed by atoms with Gasteiger partial charge >= 0.3 is 11.7 Å². The Hall–Kier alpha value is -2.96. The minimum Gasteiger partial charge on any atom is -0.490 e. The first-order valence-electron chi connectivity index (χ1n) is 5.93. The van der Waals surface area contributed by atoms with E-state index in [2.05, 4.69) is 9.72 Å². The van der Waals surface area contributed by atoms with Gasteiger partial charge in [0.2, 0.25) is 0 Å². The molecule has 0 spiro atoms. The minimum atomic E-state index is -0.528. The average molecular weight is 288 g/mol. The maximum Gasteiger partial charge on any atom is 0.339 e. The van der Waals surface area contributed by atoms with Gasteiger partial charge in [-0.05, 0) is 17.7 Å². The van der Waals surface area contributed by atoms with Gasteiger partial charge in [0.1, 0.15) is 0 Å². The van der Waals surface area contributed by atoms with Crippen LogP contribution in [0, 0.1) is 10.1 Å². The molecule has 0 N–H and O–H groups in total. The second-order valence-electron chi connectivity index (χ2n) is 4.10. The fourth-order valence-electron chi connectivity index (χ4n) is 1.84. The van der Waals surface area contributed by atoms with Crippen LogP contribution in [0.5, 0.6) is 5.75 Å². The molecule has 0 bridgehead atoms. The van der Waals surface area contributed by atoms with E-state index < -0.39 is 10.9 Å². The second-order valence-corrected chi connectivity index (χ2v) is 4.10. The van der Waals surface area contributed by atoms with Crippen LogP contribution in [0.2, 0.25) is 0 Å². The third kappa shape index (κ3) is 2.97. The summed E-state index contributed by atoms with van der Waals surface area (Å²) in [6.07, 6.45) is 2.88. The largest absolute Gasteiger partial charge is 0.490 e. The molecule has 2 rings (SSSR count). The van der Waals surface area contributed by atoms with Crippen LogP contribution >= 0.6 is 0 Å². The third-order valence-corrected chi connectivity index (χ3v) is 2.87. The second kappa shape index (κ2) is 6.00. The standard InChI is InChI=1S/C14H12N2O5/c1-20-13-4-3-9(6-12(13)16(18)19)10-5-11(8-15-7-10)14(17)21-2/h3-8H,1-2H3. The molecule has 21 heavy (non-hydrogen) atoms. The molecule has 7 nitrogen and oxygen atoms in total. The van der Waals surface area contributed by atoms with Crippen molar-refractivity contribution in [1.82, 2.24) is 4.98 Å². The minimum absolute atomic E-state index is 0.154. The van der Waals surface area contributed by atoms with Gasteiger partial charge in [-0.15, -0.1) is 0 Å². The number of nitro groups is 1. The number of aromatic nitrogens is 1. The smallest absolute Gasteiger partial charge is 0.339 e. The lowest BCUT2D eigenvalue weighted by Crippen LogP contribution is -2.02. The van der Waals surface area contributed by atoms with Crippen LogP contribution in [0.4, 0.5) is 5.69 Å². The first-order valence-corrected chi connectivity index (χ1v) is 5.93. The molecule has 0 amide bonds. The molecule has 0 saturated carbocycles. The zero-order chi connectivity index (χ0) is 15.4. The zero-order valence-corrected chi connectivity index (χ0v) is 11.4. The first kappa shape index (κ1) is 14.4. The molecule has 7 heteroatoms. The van der Waals surface area contributed by atoms with E-state index in [9.17, 15) is 14.9 Å². The molecule has 0 unspecified atom stereocenters. The summed E-state index contributed by atoms with van der Waals surface area (Å²) in [6, 6.07) is 6.09. The van der Waals surface area contributed by atoms with Crippen LogP contribution in [-0.2, 0) is 4.74 Å². The van der Waals surface area contributed by atoms with Gasteiger partial charge in [-0.3, -0.25) is 15.1 Å². The Labute approximate surface area is 120 Å². The SMILES string of the molecule is COC(=O)c1cncc(-c2ccc(OC)c([N+](=O)[O-])c2)c1. The van der Waals surface area contributed by atoms with Crippen LogP contribution in [0.15, 0.2) is 36.7 Å². The number of esters is 1. The van der Waals surface area contributed by atoms with Crippen molar-refractivity contribution >= 4 is 11.7 Å². The van der Waals surface area contributed by atoms with E-state index in [4.69, 9.17) is 4.74 Å². The van der Waals surface area contributed by atoms with E-state index in [-0.39, 0.29) is 17.0 Å². The molecular weight excluding hydrogens is 276 g/mol. The number of carbonyl (C=O) groups is 1. The summed E-state index contributed by atoms with van der Waals surface area (Å²) in [5.74, 6) is -0.354. The first-order chi connectivity index (χ1) is 10.1. The molecule has 108 valence electrons. The molecule has 0 aliphatic rings. The van der Waals surface area contributed by atoms with Gasteiger partial charge in [0, 0.05) is 24.0 Å². The van der Waals surface area contributed by atoms with Crippen molar-refractivity contribution in [3.8, 4) is 16.9 Å². The normalized spacial score (nSPS) is 10.0. The summed E-state index contributed by atoms with van der Waals surface area (Å²) >= 11 is 0. The quantitative estimate of drug-likeness (QED) is 0.487. The number of hydrogen-bond donors (Lipinski definition) is 0. The highest BCUT2D eigenvalue weighted by Crippen LogP contribution is 2.32. The van der Waals surface area contributed by atoms with E-state index in [0.29, 0.717) is 11.1 Å². The number of nitrogens with zero attached hydrogens (tertiary/aromatic N) is 2. The zero-order valence-electron chi connectivity index (χ0n) is 11.4. The molecule has 0 saturated heterocycles. The summed E-state index contributed by atoms with van der Waals surface area (Å²) in [4.78, 5) is 25.9. The van der Waals surface area contributed by atoms with Gasteiger partial charge in [-0.25, -0.2) is 4.79 Å². The van der Waals surface area contributed by atoms with Gasteiger partial charge < -0.3 is 9.47 Å². The van der Waals surface area contributed by atoms with E-state index in [0.717, 1.165) is 0 Å². The van der Waals surface area contributed by atoms with Crippen molar-refractivity contribution in [1.29, 1.82) is 0 Å². The van der Waals surface area contributed by atoms with Crippen LogP contribution in [0.3, 0.4) is 0 Å². The molecule has 0 aliphatic carbocycles. The fourth-order valence-corrected chi connectivity index (χ4v) is 1.84. The molecule has 1 aromatic carbocycles. The van der Waals surface area contributed by atoms with Crippen molar-refractivity contribution in [2.75, 3.05) is 14.2 Å². The number of carbonyl (C=O) groups excluding carboxylic acids is 1. The summed E-state index contributed by atoms with van der Waals surface area (Å²) in [5, 5.41) is 11.0. The summed E-state index contributed by atoms with van der Waals surface area (Å²) in [6.45, 7) is 0. The number of nitro benzene ring substituents is 1. The van der Waals surface area contributed by atoms with Crippen LogP contribution in [-0.4, -0.2) is 30.1 Å². The highest BCUT2D eigenvalue weighted by atomic mass is 16.6. The lowest BCUT2D eigenvalue weighted by Gasteiger charge is -2.06. The number of ether oxygens (including phenoxy) is 2. The number of rotatable bonds is 4. The Morgan fingerprint density at radius 1 is 1.19 bits per heavy atom. The number of hydrogen-bond acceptors (Lipinski definition) is 6. The summed E-state index contributed by atoms with van der Waals surface area (Å²) in [5.41, 5.74) is 1.25. The van der Waals surface area contributed by atoms with Crippen molar-refractivity contribution in [3.05, 3.63) is 52.3 Å². The van der Waals surface area contributed by atoms with Crippen molar-refractivity contribution < 1.29 is 19.2 Å². The molecular formula is C14H12N2O5. The van der Waals surface area contributed by atoms with Crippen LogP contribution < -0.4 is 4.74 Å². The fraction of sp³-hybridized carbons (Fsp3) is 0.143. The Bertz CT molecular complexity index is 700. The maximum atomic E-state index is 11.5. The average Bonchev–Trinajstić information content (AvgIpc) is 2.53. The lowest BCUT2D eigenvalue weighted by atomic mass is 10.0. The van der Waals surface area contributed by atoms with Gasteiger partial charge in [0.25, 0.3) is 0 Å². The highest BCUT2D eigenvalue weighted by molar-refractivity contribution is 5.90. The van der Waals surface area contributed by atoms with E-state index >= 15 is 0 Å². The monoisotopic (exact) mass is 288 g/mol. The Balaban J connectivity index is 2.49.